The fraction of sp³-hybridized carbons (Fsp3) is 0.417. The third kappa shape index (κ3) is 2.02. The highest BCUT2D eigenvalue weighted by molar-refractivity contribution is 5.67. The van der Waals surface area contributed by atoms with Gasteiger partial charge in [0.15, 0.2) is 0 Å². The molecule has 0 saturated heterocycles. The monoisotopic (exact) mass is 206 g/mol. The molecule has 0 bridgehead atoms. The van der Waals surface area contributed by atoms with Crippen molar-refractivity contribution in [1.29, 1.82) is 0 Å². The van der Waals surface area contributed by atoms with E-state index in [0.29, 0.717) is 0 Å². The van der Waals surface area contributed by atoms with Crippen LogP contribution >= 0.6 is 0 Å². The molecular formula is C12H14O3. The van der Waals surface area contributed by atoms with Gasteiger partial charge in [-0.2, -0.15) is 0 Å². The van der Waals surface area contributed by atoms with Gasteiger partial charge in [-0.05, 0) is 29.9 Å². The number of benzene rings is 1. The maximum Gasteiger partial charge on any atom is 0.303 e. The molecule has 1 aromatic rings. The van der Waals surface area contributed by atoms with E-state index in [4.69, 9.17) is 5.11 Å². The van der Waals surface area contributed by atoms with Gasteiger partial charge in [0.05, 0.1) is 12.5 Å². The second-order valence-corrected chi connectivity index (χ2v) is 4.04. The summed E-state index contributed by atoms with van der Waals surface area (Å²) in [5.74, 6) is -0.976. The van der Waals surface area contributed by atoms with Gasteiger partial charge in [-0.3, -0.25) is 4.79 Å². The predicted molar refractivity (Wildman–Crippen MR) is 55.5 cm³/mol. The van der Waals surface area contributed by atoms with E-state index in [-0.39, 0.29) is 12.3 Å². The van der Waals surface area contributed by atoms with Gasteiger partial charge in [0.25, 0.3) is 0 Å². The summed E-state index contributed by atoms with van der Waals surface area (Å²) in [6, 6.07) is 7.71. The molecule has 0 heterocycles. The Hall–Kier alpha value is -1.35. The number of rotatable bonds is 2. The van der Waals surface area contributed by atoms with E-state index in [2.05, 4.69) is 0 Å². The van der Waals surface area contributed by atoms with Gasteiger partial charge in [-0.15, -0.1) is 0 Å². The first-order valence-corrected chi connectivity index (χ1v) is 5.16. The third-order valence-corrected chi connectivity index (χ3v) is 3.04. The minimum Gasteiger partial charge on any atom is -0.481 e. The SMILES string of the molecule is O=C(O)CC1CCc2ccccc2C1O. The van der Waals surface area contributed by atoms with Crippen molar-refractivity contribution in [3.05, 3.63) is 35.4 Å². The summed E-state index contributed by atoms with van der Waals surface area (Å²) in [4.78, 5) is 10.6. The minimum atomic E-state index is -0.835. The molecule has 2 unspecified atom stereocenters. The van der Waals surface area contributed by atoms with Gasteiger partial charge in [-0.1, -0.05) is 24.3 Å². The topological polar surface area (TPSA) is 57.5 Å². The van der Waals surface area contributed by atoms with E-state index in [1.54, 1.807) is 0 Å². The van der Waals surface area contributed by atoms with Crippen molar-refractivity contribution < 1.29 is 15.0 Å². The highest BCUT2D eigenvalue weighted by Gasteiger charge is 2.28. The predicted octanol–water partition coefficient (Wildman–Crippen LogP) is 1.76. The zero-order chi connectivity index (χ0) is 10.8. The van der Waals surface area contributed by atoms with Crippen LogP contribution in [-0.2, 0) is 11.2 Å². The molecule has 1 aliphatic rings. The van der Waals surface area contributed by atoms with Crippen molar-refractivity contribution in [3.8, 4) is 0 Å². The normalized spacial score (nSPS) is 24.6. The smallest absolute Gasteiger partial charge is 0.303 e. The van der Waals surface area contributed by atoms with Crippen molar-refractivity contribution >= 4 is 5.97 Å². The number of carbonyl (C=O) groups is 1. The maximum absolute atomic E-state index is 10.6. The summed E-state index contributed by atoms with van der Waals surface area (Å²) in [5, 5.41) is 18.7. The number of aliphatic hydroxyl groups is 1. The lowest BCUT2D eigenvalue weighted by Gasteiger charge is -2.28. The maximum atomic E-state index is 10.6. The number of carboxylic acid groups (broad SMARTS) is 1. The average Bonchev–Trinajstić information content (AvgIpc) is 2.22. The number of hydrogen-bond donors (Lipinski definition) is 2. The largest absolute Gasteiger partial charge is 0.481 e. The molecule has 2 N–H and O–H groups in total. The van der Waals surface area contributed by atoms with Gasteiger partial charge < -0.3 is 10.2 Å². The molecule has 0 spiro atoms. The molecular weight excluding hydrogens is 192 g/mol. The fourth-order valence-corrected chi connectivity index (χ4v) is 2.24. The number of fused-ring (bicyclic) bond motifs is 1. The van der Waals surface area contributed by atoms with Gasteiger partial charge >= 0.3 is 5.97 Å². The standard InChI is InChI=1S/C12H14O3/c13-11(14)7-9-6-5-8-3-1-2-4-10(8)12(9)15/h1-4,9,12,15H,5-7H2,(H,13,14). The van der Waals surface area contributed by atoms with E-state index in [1.165, 1.54) is 0 Å². The fourth-order valence-electron chi connectivity index (χ4n) is 2.24. The lowest BCUT2D eigenvalue weighted by Crippen LogP contribution is -2.22. The number of aliphatic carboxylic acids is 1. The quantitative estimate of drug-likeness (QED) is 0.775. The molecule has 3 heteroatoms. The Morgan fingerprint density at radius 1 is 1.40 bits per heavy atom. The Labute approximate surface area is 88.4 Å². The van der Waals surface area contributed by atoms with Crippen LogP contribution in [0.25, 0.3) is 0 Å². The van der Waals surface area contributed by atoms with Crippen molar-refractivity contribution in [2.75, 3.05) is 0 Å². The van der Waals surface area contributed by atoms with Crippen molar-refractivity contribution in [2.45, 2.75) is 25.4 Å². The first kappa shape index (κ1) is 10.2. The summed E-state index contributed by atoms with van der Waals surface area (Å²) in [5.41, 5.74) is 2.04. The molecule has 0 aromatic heterocycles. The van der Waals surface area contributed by atoms with E-state index in [1.807, 2.05) is 24.3 Å². The molecule has 0 aliphatic heterocycles. The first-order chi connectivity index (χ1) is 7.18. The summed E-state index contributed by atoms with van der Waals surface area (Å²) < 4.78 is 0. The Morgan fingerprint density at radius 3 is 2.87 bits per heavy atom. The molecule has 2 atom stereocenters. The molecule has 80 valence electrons. The van der Waals surface area contributed by atoms with E-state index < -0.39 is 12.1 Å². The van der Waals surface area contributed by atoms with Crippen molar-refractivity contribution in [2.24, 2.45) is 5.92 Å². The van der Waals surface area contributed by atoms with Crippen LogP contribution in [0.3, 0.4) is 0 Å². The number of carboxylic acids is 1. The minimum absolute atomic E-state index is 0.0511. The summed E-state index contributed by atoms with van der Waals surface area (Å²) >= 11 is 0. The molecule has 0 amide bonds. The molecule has 1 aliphatic carbocycles. The van der Waals surface area contributed by atoms with Crippen LogP contribution in [-0.4, -0.2) is 16.2 Å². The highest BCUT2D eigenvalue weighted by atomic mass is 16.4. The van der Waals surface area contributed by atoms with Crippen LogP contribution in [0, 0.1) is 5.92 Å². The van der Waals surface area contributed by atoms with Gasteiger partial charge in [0, 0.05) is 0 Å². The van der Waals surface area contributed by atoms with E-state index in [9.17, 15) is 9.90 Å². The van der Waals surface area contributed by atoms with E-state index in [0.717, 1.165) is 24.0 Å². The van der Waals surface area contributed by atoms with Crippen LogP contribution in [0.15, 0.2) is 24.3 Å². The van der Waals surface area contributed by atoms with Crippen LogP contribution in [0.2, 0.25) is 0 Å². The van der Waals surface area contributed by atoms with Gasteiger partial charge in [-0.25, -0.2) is 0 Å². The molecule has 2 rings (SSSR count). The average molecular weight is 206 g/mol. The Balaban J connectivity index is 2.22. The van der Waals surface area contributed by atoms with Crippen LogP contribution in [0.5, 0.6) is 0 Å². The lowest BCUT2D eigenvalue weighted by atomic mass is 9.80. The van der Waals surface area contributed by atoms with Crippen LogP contribution < -0.4 is 0 Å². The Kier molecular flexibility index (Phi) is 2.73. The zero-order valence-corrected chi connectivity index (χ0v) is 8.39. The van der Waals surface area contributed by atoms with Crippen molar-refractivity contribution in [3.63, 3.8) is 0 Å². The highest BCUT2D eigenvalue weighted by Crippen LogP contribution is 2.35. The number of aryl methyl sites for hydroxylation is 1. The third-order valence-electron chi connectivity index (χ3n) is 3.04. The van der Waals surface area contributed by atoms with Crippen LogP contribution in [0.4, 0.5) is 0 Å². The summed E-state index contributed by atoms with van der Waals surface area (Å²) in [7, 11) is 0. The van der Waals surface area contributed by atoms with Crippen molar-refractivity contribution in [1.82, 2.24) is 0 Å². The summed E-state index contributed by atoms with van der Waals surface area (Å²) in [6.07, 6.45) is 1.05. The Bertz CT molecular complexity index is 373. The zero-order valence-electron chi connectivity index (χ0n) is 8.39. The van der Waals surface area contributed by atoms with Gasteiger partial charge in [0.2, 0.25) is 0 Å². The molecule has 0 saturated carbocycles. The summed E-state index contributed by atoms with van der Waals surface area (Å²) in [6.45, 7) is 0. The Morgan fingerprint density at radius 2 is 2.13 bits per heavy atom. The lowest BCUT2D eigenvalue weighted by molar-refractivity contribution is -0.139. The number of aliphatic hydroxyl groups excluding tert-OH is 1. The van der Waals surface area contributed by atoms with Gasteiger partial charge in [0.1, 0.15) is 0 Å². The first-order valence-electron chi connectivity index (χ1n) is 5.16. The second-order valence-electron chi connectivity index (χ2n) is 4.04. The molecule has 0 radical (unpaired) electrons. The van der Waals surface area contributed by atoms with E-state index >= 15 is 0 Å². The molecule has 1 aromatic carbocycles. The molecule has 0 fully saturated rings. The molecule has 15 heavy (non-hydrogen) atoms. The molecule has 3 nitrogen and oxygen atoms in total. The van der Waals surface area contributed by atoms with Crippen LogP contribution in [0.1, 0.15) is 30.1 Å². The second kappa shape index (κ2) is 4.03. The number of hydrogen-bond acceptors (Lipinski definition) is 2.